The summed E-state index contributed by atoms with van der Waals surface area (Å²) in [5.74, 6) is -3.42. The average molecular weight is 725 g/mol. The van der Waals surface area contributed by atoms with Gasteiger partial charge in [-0.05, 0) is 0 Å². The van der Waals surface area contributed by atoms with E-state index in [4.69, 9.17) is 4.52 Å². The molecule has 5 aromatic carbocycles. The molecule has 0 bridgehead atoms. The monoisotopic (exact) mass is 724 g/mol. The second-order valence-corrected chi connectivity index (χ2v) is 18.2. The number of carboxylic acids is 3. The summed E-state index contributed by atoms with van der Waals surface area (Å²) in [6.45, 7) is -4.14. The van der Waals surface area contributed by atoms with E-state index in [9.17, 15) is 45.0 Å². The maximum absolute atomic E-state index is 12.0. The molecule has 0 amide bonds. The van der Waals surface area contributed by atoms with E-state index in [-0.39, 0.29) is 66.8 Å². The number of rotatable bonds is 17. The zero-order valence-electron chi connectivity index (χ0n) is 28.3. The number of aliphatic carboxylic acids is 3. The molecule has 0 aliphatic rings. The van der Waals surface area contributed by atoms with Crippen molar-refractivity contribution in [2.24, 2.45) is 0 Å². The van der Waals surface area contributed by atoms with Gasteiger partial charge in [-0.15, -0.1) is 0 Å². The molecule has 6 N–H and O–H groups in total. The summed E-state index contributed by atoms with van der Waals surface area (Å²) in [4.78, 5) is 36.1. The summed E-state index contributed by atoms with van der Waals surface area (Å²) in [5, 5.41) is 60.5. The molecule has 0 fully saturated rings. The van der Waals surface area contributed by atoms with Gasteiger partial charge in [-0.2, -0.15) is 0 Å². The van der Waals surface area contributed by atoms with Crippen molar-refractivity contribution >= 4 is 30.0 Å². The summed E-state index contributed by atoms with van der Waals surface area (Å²) < 4.78 is 6.99. The van der Waals surface area contributed by atoms with Gasteiger partial charge in [0.1, 0.15) is 0 Å². The van der Waals surface area contributed by atoms with E-state index in [1.54, 1.807) is 78.9 Å². The van der Waals surface area contributed by atoms with Crippen LogP contribution in [0.15, 0.2) is 127 Å². The van der Waals surface area contributed by atoms with Gasteiger partial charge >= 0.3 is 302 Å². The first-order chi connectivity index (χ1) is 24.9. The number of phenols is 3. The molecule has 0 aliphatic heterocycles. The molecule has 1 atom stereocenters. The molecule has 270 valence electrons. The van der Waals surface area contributed by atoms with Crippen molar-refractivity contribution in [2.45, 2.75) is 31.1 Å². The molecular weight excluding hydrogens is 683 g/mol. The van der Waals surface area contributed by atoms with E-state index in [0.29, 0.717) is 11.1 Å². The van der Waals surface area contributed by atoms with Gasteiger partial charge in [-0.1, -0.05) is 0 Å². The van der Waals surface area contributed by atoms with E-state index >= 15 is 0 Å². The Labute approximate surface area is 301 Å². The molecule has 0 heterocycles. The van der Waals surface area contributed by atoms with E-state index in [1.165, 1.54) is 0 Å². The zero-order chi connectivity index (χ0) is 37.3. The molecule has 0 spiro atoms. The Bertz CT molecular complexity index is 1880. The summed E-state index contributed by atoms with van der Waals surface area (Å²) in [7, 11) is 0. The van der Waals surface area contributed by atoms with Crippen molar-refractivity contribution in [1.29, 1.82) is 0 Å². The molecular formula is C41H41O10P. The van der Waals surface area contributed by atoms with Gasteiger partial charge < -0.3 is 0 Å². The minimum atomic E-state index is -4.14. The first kappa shape index (κ1) is 37.4. The van der Waals surface area contributed by atoms with Gasteiger partial charge in [0, 0.05) is 0 Å². The third kappa shape index (κ3) is 8.71. The van der Waals surface area contributed by atoms with Crippen LogP contribution in [-0.4, -0.2) is 67.0 Å². The Morgan fingerprint density at radius 2 is 0.769 bits per heavy atom. The van der Waals surface area contributed by atoms with Crippen LogP contribution in [0.2, 0.25) is 0 Å². The summed E-state index contributed by atoms with van der Waals surface area (Å²) in [6, 6.07) is 36.6. The van der Waals surface area contributed by atoms with Crippen LogP contribution in [0.3, 0.4) is 0 Å². The molecule has 5 aromatic rings. The molecule has 1 unspecified atom stereocenters. The van der Waals surface area contributed by atoms with Crippen molar-refractivity contribution < 1.29 is 49.5 Å². The standard InChI is InChI=1S/C41H41O10P/c42-32-14-6-28(7-15-32)40(29-8-16-33(43)17-9-29)41(30-10-18-34(44)19-11-30)31-12-20-35(21-13-31)51-52(25-22-37(45)46,26-23-38(47)48,27-24-39(49)50)36-4-2-1-3-5-36/h1-21,40-44H,22-27H2,(H,45,46)(H,47,48)(H,49,50). The first-order valence-electron chi connectivity index (χ1n) is 16.8. The van der Waals surface area contributed by atoms with Crippen LogP contribution in [0, 0.1) is 0 Å². The zero-order valence-corrected chi connectivity index (χ0v) is 29.2. The number of aromatic hydroxyl groups is 3. The second kappa shape index (κ2) is 16.0. The van der Waals surface area contributed by atoms with E-state index in [2.05, 4.69) is 0 Å². The quantitative estimate of drug-likeness (QED) is 0.0530. The van der Waals surface area contributed by atoms with Gasteiger partial charge in [-0.25, -0.2) is 0 Å². The molecule has 52 heavy (non-hydrogen) atoms. The van der Waals surface area contributed by atoms with Crippen LogP contribution < -0.4 is 9.83 Å². The summed E-state index contributed by atoms with van der Waals surface area (Å²) >= 11 is 0. The topological polar surface area (TPSA) is 182 Å². The predicted molar refractivity (Wildman–Crippen MR) is 199 cm³/mol. The number of hydrogen-bond donors (Lipinski definition) is 6. The van der Waals surface area contributed by atoms with Crippen molar-refractivity contribution in [1.82, 2.24) is 0 Å². The number of carbonyl (C=O) groups is 3. The fourth-order valence-corrected chi connectivity index (χ4v) is 12.6. The molecule has 10 nitrogen and oxygen atoms in total. The van der Waals surface area contributed by atoms with Gasteiger partial charge in [0.15, 0.2) is 0 Å². The Balaban J connectivity index is 1.68. The molecule has 0 saturated carbocycles. The fourth-order valence-electron chi connectivity index (χ4n) is 7.00. The van der Waals surface area contributed by atoms with Crippen molar-refractivity contribution in [3.63, 3.8) is 0 Å². The molecule has 0 radical (unpaired) electrons. The van der Waals surface area contributed by atoms with Crippen molar-refractivity contribution in [3.8, 4) is 23.0 Å². The Kier molecular flexibility index (Phi) is 11.5. The van der Waals surface area contributed by atoms with Crippen LogP contribution in [0.1, 0.15) is 53.4 Å². The van der Waals surface area contributed by atoms with Crippen molar-refractivity contribution in [3.05, 3.63) is 150 Å². The first-order valence-corrected chi connectivity index (χ1v) is 19.5. The molecule has 0 saturated heterocycles. The van der Waals surface area contributed by atoms with Crippen LogP contribution >= 0.6 is 6.83 Å². The maximum atomic E-state index is 12.0. The third-order valence-corrected chi connectivity index (χ3v) is 15.7. The second-order valence-electron chi connectivity index (χ2n) is 13.0. The SMILES string of the molecule is O=C(O)CCP(CCC(=O)O)(CCC(=O)O)(Oc1ccc(C(c2ccc(O)cc2)C(c2ccc(O)cc2)c2ccc(O)cc2)cc1)c1ccccc1. The van der Waals surface area contributed by atoms with Crippen molar-refractivity contribution in [2.75, 3.05) is 18.5 Å². The summed E-state index contributed by atoms with van der Waals surface area (Å²) in [6.07, 6.45) is -1.25. The van der Waals surface area contributed by atoms with Gasteiger partial charge in [0.2, 0.25) is 0 Å². The van der Waals surface area contributed by atoms with Gasteiger partial charge in [0.05, 0.1) is 0 Å². The average Bonchev–Trinajstić information content (AvgIpc) is 3.14. The Morgan fingerprint density at radius 1 is 0.462 bits per heavy atom. The Morgan fingerprint density at radius 3 is 1.08 bits per heavy atom. The van der Waals surface area contributed by atoms with E-state index < -0.39 is 24.7 Å². The van der Waals surface area contributed by atoms with Gasteiger partial charge in [-0.3, -0.25) is 0 Å². The van der Waals surface area contributed by atoms with Gasteiger partial charge in [0.25, 0.3) is 0 Å². The Hall–Kier alpha value is -5.86. The molecule has 11 heteroatoms. The minimum absolute atomic E-state index is 0.0623. The normalized spacial score (nSPS) is 12.8. The number of carboxylic acid groups (broad SMARTS) is 3. The van der Waals surface area contributed by atoms with Crippen LogP contribution in [0.5, 0.6) is 23.0 Å². The molecule has 0 aliphatic carbocycles. The predicted octanol–water partition coefficient (Wildman–Crippen LogP) is 7.36. The fraction of sp³-hybridized carbons (Fsp3) is 0.195. The van der Waals surface area contributed by atoms with Crippen LogP contribution in [0.4, 0.5) is 0 Å². The molecule has 5 rings (SSSR count). The number of benzene rings is 5. The van der Waals surface area contributed by atoms with Crippen LogP contribution in [-0.2, 0) is 14.4 Å². The number of phenolic OH excluding ortho intramolecular Hbond substituents is 3. The summed E-state index contributed by atoms with van der Waals surface area (Å²) in [5.41, 5.74) is 3.41. The third-order valence-electron chi connectivity index (χ3n) is 9.62. The van der Waals surface area contributed by atoms with Crippen LogP contribution in [0.25, 0.3) is 0 Å². The van der Waals surface area contributed by atoms with E-state index in [0.717, 1.165) is 22.3 Å². The van der Waals surface area contributed by atoms with E-state index in [1.807, 2.05) is 48.5 Å². The number of hydrogen-bond acceptors (Lipinski definition) is 7. The molecule has 0 aromatic heterocycles.